The van der Waals surface area contributed by atoms with Crippen molar-refractivity contribution in [2.75, 3.05) is 7.05 Å². The smallest absolute Gasteiger partial charge is 0.326 e. The molecule has 3 amide bonds. The number of benzene rings is 1. The van der Waals surface area contributed by atoms with Crippen LogP contribution in [0.2, 0.25) is 0 Å². The lowest BCUT2D eigenvalue weighted by Crippen LogP contribution is -2.51. The zero-order valence-electron chi connectivity index (χ0n) is 13.4. The van der Waals surface area contributed by atoms with Gasteiger partial charge in [0.2, 0.25) is 5.91 Å². The highest BCUT2D eigenvalue weighted by Gasteiger charge is 2.42. The first kappa shape index (κ1) is 16.7. The van der Waals surface area contributed by atoms with Gasteiger partial charge >= 0.3 is 5.97 Å². The Kier molecular flexibility index (Phi) is 4.22. The maximum atomic E-state index is 12.4. The molecule has 0 spiro atoms. The van der Waals surface area contributed by atoms with Crippen molar-refractivity contribution >= 4 is 23.7 Å². The Balaban J connectivity index is 2.29. The first-order valence-corrected chi connectivity index (χ1v) is 7.14. The second kappa shape index (κ2) is 5.83. The summed E-state index contributed by atoms with van der Waals surface area (Å²) in [6.07, 6.45) is 0. The van der Waals surface area contributed by atoms with Gasteiger partial charge in [0.25, 0.3) is 11.8 Å². The van der Waals surface area contributed by atoms with Crippen molar-refractivity contribution in [2.24, 2.45) is 0 Å². The lowest BCUT2D eigenvalue weighted by molar-refractivity contribution is -0.149. The normalized spacial score (nSPS) is 16.1. The van der Waals surface area contributed by atoms with Crippen LogP contribution in [-0.2, 0) is 9.59 Å². The number of hydrogen-bond acceptors (Lipinski definition) is 4. The molecule has 7 heteroatoms. The number of nitrogens with zero attached hydrogens (tertiary/aromatic N) is 2. The lowest BCUT2D eigenvalue weighted by atomic mass is 10.1. The average Bonchev–Trinajstić information content (AvgIpc) is 2.75. The summed E-state index contributed by atoms with van der Waals surface area (Å²) in [5.74, 6) is -2.84. The third-order valence-electron chi connectivity index (χ3n) is 4.10. The van der Waals surface area contributed by atoms with E-state index >= 15 is 0 Å². The minimum absolute atomic E-state index is 0.259. The van der Waals surface area contributed by atoms with Gasteiger partial charge in [-0.25, -0.2) is 4.79 Å². The van der Waals surface area contributed by atoms with Gasteiger partial charge in [0, 0.05) is 7.05 Å². The van der Waals surface area contributed by atoms with E-state index < -0.39 is 35.8 Å². The molecular weight excluding hydrogens is 300 g/mol. The Labute approximate surface area is 133 Å². The van der Waals surface area contributed by atoms with Gasteiger partial charge in [-0.3, -0.25) is 19.3 Å². The standard InChI is InChI=1S/C16H18N2O5/c1-8-5-6-11-12(7-8)15(21)18(14(11)20)9(2)13(19)17(4)10(3)16(22)23/h5-7,9-10H,1-4H3,(H,22,23). The van der Waals surface area contributed by atoms with Gasteiger partial charge in [-0.15, -0.1) is 0 Å². The number of rotatable bonds is 4. The number of hydrogen-bond donors (Lipinski definition) is 1. The van der Waals surface area contributed by atoms with E-state index in [1.54, 1.807) is 25.1 Å². The molecule has 0 aromatic heterocycles. The van der Waals surface area contributed by atoms with Crippen LogP contribution < -0.4 is 0 Å². The number of aliphatic carboxylic acids is 1. The van der Waals surface area contributed by atoms with Gasteiger partial charge in [-0.2, -0.15) is 0 Å². The molecule has 0 bridgehead atoms. The molecule has 2 unspecified atom stereocenters. The first-order valence-electron chi connectivity index (χ1n) is 7.14. The van der Waals surface area contributed by atoms with Crippen molar-refractivity contribution < 1.29 is 24.3 Å². The monoisotopic (exact) mass is 318 g/mol. The van der Waals surface area contributed by atoms with E-state index in [4.69, 9.17) is 5.11 Å². The molecule has 1 aromatic carbocycles. The van der Waals surface area contributed by atoms with Crippen LogP contribution in [0.5, 0.6) is 0 Å². The summed E-state index contributed by atoms with van der Waals surface area (Å²) < 4.78 is 0. The van der Waals surface area contributed by atoms with Gasteiger partial charge in [0.1, 0.15) is 12.1 Å². The predicted octanol–water partition coefficient (Wildman–Crippen LogP) is 0.911. The predicted molar refractivity (Wildman–Crippen MR) is 81.0 cm³/mol. The number of carboxylic acid groups (broad SMARTS) is 1. The van der Waals surface area contributed by atoms with E-state index in [-0.39, 0.29) is 11.1 Å². The van der Waals surface area contributed by atoms with Crippen LogP contribution in [-0.4, -0.2) is 57.7 Å². The SMILES string of the molecule is Cc1ccc2c(c1)C(=O)N(C(C)C(=O)N(C)C(C)C(=O)O)C2=O. The highest BCUT2D eigenvalue weighted by molar-refractivity contribution is 6.22. The highest BCUT2D eigenvalue weighted by Crippen LogP contribution is 2.26. The number of likely N-dealkylation sites (N-methyl/N-ethyl adjacent to an activating group) is 1. The number of amides is 3. The van der Waals surface area contributed by atoms with Crippen molar-refractivity contribution in [1.82, 2.24) is 9.80 Å². The largest absolute Gasteiger partial charge is 0.480 e. The Bertz CT molecular complexity index is 712. The number of carbonyl (C=O) groups is 4. The topological polar surface area (TPSA) is 95.0 Å². The summed E-state index contributed by atoms with van der Waals surface area (Å²) in [7, 11) is 1.33. The molecule has 1 aliphatic heterocycles. The Morgan fingerprint density at radius 2 is 1.70 bits per heavy atom. The van der Waals surface area contributed by atoms with Crippen LogP contribution in [0.1, 0.15) is 40.1 Å². The number of imide groups is 1. The summed E-state index contributed by atoms with van der Waals surface area (Å²) in [6.45, 7) is 4.58. The summed E-state index contributed by atoms with van der Waals surface area (Å²) in [5, 5.41) is 8.98. The average molecular weight is 318 g/mol. The van der Waals surface area contributed by atoms with Crippen molar-refractivity contribution in [3.05, 3.63) is 34.9 Å². The number of carbonyl (C=O) groups excluding carboxylic acids is 3. The second-order valence-electron chi connectivity index (χ2n) is 5.67. The van der Waals surface area contributed by atoms with E-state index in [1.165, 1.54) is 20.9 Å². The number of aryl methyl sites for hydroxylation is 1. The van der Waals surface area contributed by atoms with Crippen LogP contribution in [0.15, 0.2) is 18.2 Å². The zero-order valence-corrected chi connectivity index (χ0v) is 13.4. The molecule has 1 aliphatic rings. The summed E-state index contributed by atoms with van der Waals surface area (Å²) in [6, 6.07) is 2.76. The maximum absolute atomic E-state index is 12.4. The maximum Gasteiger partial charge on any atom is 0.326 e. The molecule has 7 nitrogen and oxygen atoms in total. The molecule has 0 aliphatic carbocycles. The molecular formula is C16H18N2O5. The summed E-state index contributed by atoms with van der Waals surface area (Å²) in [5.41, 5.74) is 1.36. The molecule has 2 atom stereocenters. The van der Waals surface area contributed by atoms with Crippen molar-refractivity contribution in [1.29, 1.82) is 0 Å². The fourth-order valence-corrected chi connectivity index (χ4v) is 2.49. The minimum Gasteiger partial charge on any atom is -0.480 e. The first-order chi connectivity index (χ1) is 10.7. The van der Waals surface area contributed by atoms with Crippen LogP contribution in [0, 0.1) is 6.92 Å². The zero-order chi connectivity index (χ0) is 17.5. The molecule has 0 fully saturated rings. The molecule has 23 heavy (non-hydrogen) atoms. The molecule has 0 saturated heterocycles. The van der Waals surface area contributed by atoms with E-state index in [1.807, 2.05) is 0 Å². The summed E-state index contributed by atoms with van der Waals surface area (Å²) in [4.78, 5) is 50.2. The van der Waals surface area contributed by atoms with Crippen LogP contribution in [0.25, 0.3) is 0 Å². The minimum atomic E-state index is -1.16. The van der Waals surface area contributed by atoms with Crippen LogP contribution >= 0.6 is 0 Å². The third-order valence-corrected chi connectivity index (χ3v) is 4.10. The van der Waals surface area contributed by atoms with Gasteiger partial charge in [-0.1, -0.05) is 11.6 Å². The molecule has 1 aromatic rings. The Morgan fingerprint density at radius 1 is 1.13 bits per heavy atom. The molecule has 1 heterocycles. The quantitative estimate of drug-likeness (QED) is 0.833. The number of fused-ring (bicyclic) bond motifs is 1. The molecule has 0 radical (unpaired) electrons. The van der Waals surface area contributed by atoms with Crippen LogP contribution in [0.3, 0.4) is 0 Å². The van der Waals surface area contributed by atoms with Crippen molar-refractivity contribution in [3.63, 3.8) is 0 Å². The van der Waals surface area contributed by atoms with Gasteiger partial charge < -0.3 is 10.0 Å². The fourth-order valence-electron chi connectivity index (χ4n) is 2.49. The second-order valence-corrected chi connectivity index (χ2v) is 5.67. The fraction of sp³-hybridized carbons (Fsp3) is 0.375. The third kappa shape index (κ3) is 2.69. The highest BCUT2D eigenvalue weighted by atomic mass is 16.4. The van der Waals surface area contributed by atoms with Crippen molar-refractivity contribution in [3.8, 4) is 0 Å². The van der Waals surface area contributed by atoms with Crippen LogP contribution in [0.4, 0.5) is 0 Å². The Morgan fingerprint density at radius 3 is 2.26 bits per heavy atom. The molecule has 122 valence electrons. The molecule has 0 saturated carbocycles. The van der Waals surface area contributed by atoms with Gasteiger partial charge in [-0.05, 0) is 32.9 Å². The van der Waals surface area contributed by atoms with E-state index in [9.17, 15) is 19.2 Å². The van der Waals surface area contributed by atoms with Crippen molar-refractivity contribution in [2.45, 2.75) is 32.9 Å². The lowest BCUT2D eigenvalue weighted by Gasteiger charge is -2.28. The van der Waals surface area contributed by atoms with E-state index in [0.29, 0.717) is 0 Å². The summed E-state index contributed by atoms with van der Waals surface area (Å²) >= 11 is 0. The molecule has 2 rings (SSSR count). The van der Waals surface area contributed by atoms with E-state index in [0.717, 1.165) is 15.4 Å². The molecule has 1 N–H and O–H groups in total. The van der Waals surface area contributed by atoms with E-state index in [2.05, 4.69) is 0 Å². The number of carboxylic acids is 1. The van der Waals surface area contributed by atoms with Gasteiger partial charge in [0.05, 0.1) is 11.1 Å². The Hall–Kier alpha value is -2.70. The van der Waals surface area contributed by atoms with Gasteiger partial charge in [0.15, 0.2) is 0 Å².